The summed E-state index contributed by atoms with van der Waals surface area (Å²) in [6.07, 6.45) is 2.88. The van der Waals surface area contributed by atoms with E-state index in [1.165, 1.54) is 0 Å². The highest BCUT2D eigenvalue weighted by Gasteiger charge is 2.22. The predicted octanol–water partition coefficient (Wildman–Crippen LogP) is 2.95. The van der Waals surface area contributed by atoms with Gasteiger partial charge in [-0.25, -0.2) is 0 Å². The summed E-state index contributed by atoms with van der Waals surface area (Å²) < 4.78 is 0. The molecule has 0 saturated carbocycles. The number of carbonyl (C=O) groups is 1. The number of oxime groups is 1. The molecule has 1 heterocycles. The lowest BCUT2D eigenvalue weighted by Gasteiger charge is -2.28. The fourth-order valence-corrected chi connectivity index (χ4v) is 2.92. The quantitative estimate of drug-likeness (QED) is 0.781. The Labute approximate surface area is 144 Å². The molecule has 24 heavy (non-hydrogen) atoms. The van der Waals surface area contributed by atoms with Gasteiger partial charge >= 0.3 is 0 Å². The average molecular weight is 331 g/mol. The molecule has 0 aliphatic carbocycles. The van der Waals surface area contributed by atoms with Gasteiger partial charge in [0.1, 0.15) is 6.61 Å². The van der Waals surface area contributed by atoms with E-state index in [0.717, 1.165) is 30.5 Å². The average Bonchev–Trinajstić information content (AvgIpc) is 2.55. The Morgan fingerprint density at radius 3 is 2.54 bits per heavy atom. The Hall–Kier alpha value is -1.88. The van der Waals surface area contributed by atoms with E-state index in [1.807, 2.05) is 35.2 Å². The van der Waals surface area contributed by atoms with Crippen LogP contribution in [-0.4, -0.2) is 35.7 Å². The molecule has 1 unspecified atom stereocenters. The van der Waals surface area contributed by atoms with Crippen molar-refractivity contribution < 1.29 is 9.63 Å². The molecule has 0 bridgehead atoms. The minimum atomic E-state index is -0.0400. The SMILES string of the molecule is CC(C)CC(N)CC(=O)N1CCC(=NOCc2ccccc2)CC1. The number of hydrogen-bond donors (Lipinski definition) is 1. The van der Waals surface area contributed by atoms with Crippen LogP contribution in [0.5, 0.6) is 0 Å². The van der Waals surface area contributed by atoms with E-state index in [-0.39, 0.29) is 11.9 Å². The topological polar surface area (TPSA) is 67.9 Å². The van der Waals surface area contributed by atoms with Crippen molar-refractivity contribution in [2.75, 3.05) is 13.1 Å². The standard InChI is InChI=1S/C19H29N3O2/c1-15(2)12-17(20)13-19(23)22-10-8-18(9-11-22)21-24-14-16-6-4-3-5-7-16/h3-7,15,17H,8-14,20H2,1-2H3. The molecular weight excluding hydrogens is 302 g/mol. The van der Waals surface area contributed by atoms with Crippen LogP contribution in [0.2, 0.25) is 0 Å². The molecule has 1 amide bonds. The van der Waals surface area contributed by atoms with Crippen LogP contribution >= 0.6 is 0 Å². The van der Waals surface area contributed by atoms with Crippen LogP contribution in [0.15, 0.2) is 35.5 Å². The third-order valence-corrected chi connectivity index (χ3v) is 4.17. The Balaban J connectivity index is 1.70. The van der Waals surface area contributed by atoms with E-state index >= 15 is 0 Å². The van der Waals surface area contributed by atoms with Crippen molar-refractivity contribution in [2.24, 2.45) is 16.8 Å². The summed E-state index contributed by atoms with van der Waals surface area (Å²) in [7, 11) is 0. The Kier molecular flexibility index (Phi) is 7.25. The molecule has 1 aliphatic heterocycles. The van der Waals surface area contributed by atoms with Gasteiger partial charge in [0.05, 0.1) is 5.71 Å². The number of carbonyl (C=O) groups excluding carboxylic acids is 1. The Morgan fingerprint density at radius 1 is 1.25 bits per heavy atom. The van der Waals surface area contributed by atoms with Gasteiger partial charge in [-0.1, -0.05) is 49.3 Å². The first kappa shape index (κ1) is 18.5. The van der Waals surface area contributed by atoms with Gasteiger partial charge in [-0.15, -0.1) is 0 Å². The molecule has 5 heteroatoms. The van der Waals surface area contributed by atoms with E-state index < -0.39 is 0 Å². The molecule has 0 aromatic heterocycles. The van der Waals surface area contributed by atoms with Gasteiger partial charge in [-0.3, -0.25) is 4.79 Å². The zero-order valence-corrected chi connectivity index (χ0v) is 14.8. The van der Waals surface area contributed by atoms with Crippen molar-refractivity contribution in [1.82, 2.24) is 4.90 Å². The van der Waals surface area contributed by atoms with E-state index in [4.69, 9.17) is 10.6 Å². The molecule has 2 N–H and O–H groups in total. The molecule has 1 aliphatic rings. The molecule has 1 atom stereocenters. The second-order valence-electron chi connectivity index (χ2n) is 6.89. The zero-order valence-electron chi connectivity index (χ0n) is 14.8. The van der Waals surface area contributed by atoms with E-state index in [2.05, 4.69) is 19.0 Å². The summed E-state index contributed by atoms with van der Waals surface area (Å²) in [5, 5.41) is 4.23. The van der Waals surface area contributed by atoms with Gasteiger partial charge in [0.25, 0.3) is 0 Å². The maximum atomic E-state index is 12.3. The number of hydrogen-bond acceptors (Lipinski definition) is 4. The summed E-state index contributed by atoms with van der Waals surface area (Å²) in [6, 6.07) is 9.94. The smallest absolute Gasteiger partial charge is 0.224 e. The predicted molar refractivity (Wildman–Crippen MR) is 96.5 cm³/mol. The van der Waals surface area contributed by atoms with Gasteiger partial charge in [0.15, 0.2) is 0 Å². The van der Waals surface area contributed by atoms with Crippen molar-refractivity contribution in [1.29, 1.82) is 0 Å². The van der Waals surface area contributed by atoms with Crippen molar-refractivity contribution in [3.63, 3.8) is 0 Å². The lowest BCUT2D eigenvalue weighted by atomic mass is 10.0. The molecule has 5 nitrogen and oxygen atoms in total. The molecular formula is C19H29N3O2. The highest BCUT2D eigenvalue weighted by atomic mass is 16.6. The van der Waals surface area contributed by atoms with Gasteiger partial charge in [-0.2, -0.15) is 0 Å². The van der Waals surface area contributed by atoms with Gasteiger partial charge in [0, 0.05) is 38.4 Å². The Morgan fingerprint density at radius 2 is 1.92 bits per heavy atom. The summed E-state index contributed by atoms with van der Waals surface area (Å²) in [6.45, 7) is 6.16. The molecule has 1 aromatic carbocycles. The number of nitrogens with two attached hydrogens (primary N) is 1. The third-order valence-electron chi connectivity index (χ3n) is 4.17. The first-order valence-electron chi connectivity index (χ1n) is 8.79. The second kappa shape index (κ2) is 9.42. The molecule has 0 radical (unpaired) electrons. The van der Waals surface area contributed by atoms with Gasteiger partial charge in [0.2, 0.25) is 5.91 Å². The summed E-state index contributed by atoms with van der Waals surface area (Å²) in [4.78, 5) is 19.6. The Bertz CT molecular complexity index is 533. The van der Waals surface area contributed by atoms with Crippen LogP contribution in [0.1, 0.15) is 45.1 Å². The van der Waals surface area contributed by atoms with Crippen molar-refractivity contribution >= 4 is 11.6 Å². The van der Waals surface area contributed by atoms with Crippen LogP contribution in [0.4, 0.5) is 0 Å². The molecule has 2 rings (SSSR count). The summed E-state index contributed by atoms with van der Waals surface area (Å²) in [5.74, 6) is 0.682. The number of amides is 1. The molecule has 0 spiro atoms. The van der Waals surface area contributed by atoms with E-state index in [9.17, 15) is 4.79 Å². The fourth-order valence-electron chi connectivity index (χ4n) is 2.92. The van der Waals surface area contributed by atoms with Crippen LogP contribution in [-0.2, 0) is 16.2 Å². The first-order valence-corrected chi connectivity index (χ1v) is 8.79. The largest absolute Gasteiger partial charge is 0.391 e. The van der Waals surface area contributed by atoms with Crippen LogP contribution in [0.25, 0.3) is 0 Å². The van der Waals surface area contributed by atoms with Crippen LogP contribution < -0.4 is 5.73 Å². The third kappa shape index (κ3) is 6.32. The van der Waals surface area contributed by atoms with Crippen LogP contribution in [0, 0.1) is 5.92 Å². The summed E-state index contributed by atoms with van der Waals surface area (Å²) >= 11 is 0. The number of nitrogens with zero attached hydrogens (tertiary/aromatic N) is 2. The zero-order chi connectivity index (χ0) is 17.4. The summed E-state index contributed by atoms with van der Waals surface area (Å²) in [5.41, 5.74) is 8.17. The maximum Gasteiger partial charge on any atom is 0.224 e. The minimum absolute atomic E-state index is 0.0400. The second-order valence-corrected chi connectivity index (χ2v) is 6.89. The number of likely N-dealkylation sites (tertiary alicyclic amines) is 1. The van der Waals surface area contributed by atoms with Gasteiger partial charge < -0.3 is 15.5 Å². The van der Waals surface area contributed by atoms with Crippen molar-refractivity contribution in [3.8, 4) is 0 Å². The highest BCUT2D eigenvalue weighted by Crippen LogP contribution is 2.13. The monoisotopic (exact) mass is 331 g/mol. The van der Waals surface area contributed by atoms with Gasteiger partial charge in [-0.05, 0) is 17.9 Å². The van der Waals surface area contributed by atoms with E-state index in [0.29, 0.717) is 32.0 Å². The number of rotatable bonds is 7. The molecule has 1 aromatic rings. The molecule has 1 saturated heterocycles. The number of benzene rings is 1. The first-order chi connectivity index (χ1) is 11.5. The molecule has 132 valence electrons. The van der Waals surface area contributed by atoms with Crippen molar-refractivity contribution in [2.45, 2.75) is 52.2 Å². The maximum absolute atomic E-state index is 12.3. The van der Waals surface area contributed by atoms with Crippen molar-refractivity contribution in [3.05, 3.63) is 35.9 Å². The normalized spacial score (nSPS) is 16.2. The highest BCUT2D eigenvalue weighted by molar-refractivity contribution is 5.87. The number of piperidine rings is 1. The lowest BCUT2D eigenvalue weighted by molar-refractivity contribution is -0.131. The van der Waals surface area contributed by atoms with Crippen LogP contribution in [0.3, 0.4) is 0 Å². The minimum Gasteiger partial charge on any atom is -0.391 e. The molecule has 1 fully saturated rings. The van der Waals surface area contributed by atoms with E-state index in [1.54, 1.807) is 0 Å². The lowest BCUT2D eigenvalue weighted by Crippen LogP contribution is -2.41. The fraction of sp³-hybridized carbons (Fsp3) is 0.579.